The quantitative estimate of drug-likeness (QED) is 0.625. The van der Waals surface area contributed by atoms with E-state index in [9.17, 15) is 0 Å². The number of unbranched alkanes of at least 4 members (excludes halogenated alkanes) is 2. The molecule has 2 rings (SSSR count). The normalized spacial score (nSPS) is 11.5. The average Bonchev–Trinajstić information content (AvgIpc) is 2.60. The molecule has 0 bridgehead atoms. The topological polar surface area (TPSA) is 26.0 Å². The van der Waals surface area contributed by atoms with Gasteiger partial charge in [0.2, 0.25) is 0 Å². The van der Waals surface area contributed by atoms with E-state index in [0.29, 0.717) is 0 Å². The van der Waals surface area contributed by atoms with E-state index in [1.54, 1.807) is 0 Å². The summed E-state index contributed by atoms with van der Waals surface area (Å²) in [6.07, 6.45) is 7.17. The van der Waals surface area contributed by atoms with E-state index >= 15 is 0 Å². The van der Waals surface area contributed by atoms with Crippen molar-refractivity contribution in [3.05, 3.63) is 71.8 Å². The predicted molar refractivity (Wildman–Crippen MR) is 96.1 cm³/mol. The first-order valence-corrected chi connectivity index (χ1v) is 8.64. The predicted octanol–water partition coefficient (Wildman–Crippen LogP) is 5.29. The van der Waals surface area contributed by atoms with Gasteiger partial charge in [0.1, 0.15) is 0 Å². The van der Waals surface area contributed by atoms with Gasteiger partial charge in [-0.05, 0) is 36.9 Å². The monoisotopic (exact) mass is 295 g/mol. The summed E-state index contributed by atoms with van der Waals surface area (Å²) < 4.78 is 0. The molecule has 2 aromatic carbocycles. The van der Waals surface area contributed by atoms with Crippen molar-refractivity contribution in [2.75, 3.05) is 6.54 Å². The zero-order chi connectivity index (χ0) is 15.7. The maximum Gasteiger partial charge on any atom is 0.0202 e. The van der Waals surface area contributed by atoms with Gasteiger partial charge in [-0.15, -0.1) is 0 Å². The molecule has 0 amide bonds. The lowest BCUT2D eigenvalue weighted by molar-refractivity contribution is 0.403. The maximum atomic E-state index is 5.74. The van der Waals surface area contributed by atoms with E-state index < -0.39 is 0 Å². The van der Waals surface area contributed by atoms with E-state index in [0.717, 1.165) is 13.0 Å². The lowest BCUT2D eigenvalue weighted by Crippen LogP contribution is -2.28. The summed E-state index contributed by atoms with van der Waals surface area (Å²) in [4.78, 5) is 0. The summed E-state index contributed by atoms with van der Waals surface area (Å²) >= 11 is 0. The molecule has 0 heterocycles. The second-order valence-electron chi connectivity index (χ2n) is 6.16. The van der Waals surface area contributed by atoms with E-state index in [-0.39, 0.29) is 5.41 Å². The second kappa shape index (κ2) is 8.75. The molecule has 0 aliphatic rings. The Morgan fingerprint density at radius 1 is 0.727 bits per heavy atom. The van der Waals surface area contributed by atoms with Crippen LogP contribution in [0.25, 0.3) is 0 Å². The Bertz CT molecular complexity index is 479. The van der Waals surface area contributed by atoms with E-state index in [4.69, 9.17) is 5.73 Å². The third-order valence-electron chi connectivity index (χ3n) is 4.67. The highest BCUT2D eigenvalue weighted by atomic mass is 14.5. The summed E-state index contributed by atoms with van der Waals surface area (Å²) in [7, 11) is 0. The molecule has 118 valence electrons. The summed E-state index contributed by atoms with van der Waals surface area (Å²) in [6, 6.07) is 22.1. The van der Waals surface area contributed by atoms with Crippen molar-refractivity contribution in [3.63, 3.8) is 0 Å². The Kier molecular flexibility index (Phi) is 6.67. The number of hydrogen-bond donors (Lipinski definition) is 1. The van der Waals surface area contributed by atoms with Gasteiger partial charge in [0.05, 0.1) is 0 Å². The lowest BCUT2D eigenvalue weighted by atomic mass is 9.68. The summed E-state index contributed by atoms with van der Waals surface area (Å²) in [5, 5.41) is 0. The van der Waals surface area contributed by atoms with Crippen LogP contribution in [-0.4, -0.2) is 6.54 Å². The Morgan fingerprint density at radius 2 is 1.23 bits per heavy atom. The molecule has 22 heavy (non-hydrogen) atoms. The molecule has 0 saturated carbocycles. The summed E-state index contributed by atoms with van der Waals surface area (Å²) in [6.45, 7) is 3.06. The Morgan fingerprint density at radius 3 is 1.68 bits per heavy atom. The van der Waals surface area contributed by atoms with Gasteiger partial charge >= 0.3 is 0 Å². The molecule has 1 nitrogen and oxygen atoms in total. The molecule has 0 aromatic heterocycles. The molecule has 1 heteroatoms. The minimum atomic E-state index is 0.133. The first-order chi connectivity index (χ1) is 10.8. The third kappa shape index (κ3) is 3.98. The van der Waals surface area contributed by atoms with Crippen LogP contribution in [-0.2, 0) is 5.41 Å². The van der Waals surface area contributed by atoms with Crippen LogP contribution in [0.4, 0.5) is 0 Å². The third-order valence-corrected chi connectivity index (χ3v) is 4.67. The Hall–Kier alpha value is -1.60. The van der Waals surface area contributed by atoms with Gasteiger partial charge in [0, 0.05) is 5.41 Å². The summed E-state index contributed by atoms with van der Waals surface area (Å²) in [5.74, 6) is 0. The number of benzene rings is 2. The molecule has 0 radical (unpaired) electrons. The molecular weight excluding hydrogens is 266 g/mol. The fourth-order valence-corrected chi connectivity index (χ4v) is 3.43. The highest BCUT2D eigenvalue weighted by Gasteiger charge is 2.32. The van der Waals surface area contributed by atoms with Crippen LogP contribution >= 0.6 is 0 Å². The second-order valence-corrected chi connectivity index (χ2v) is 6.16. The molecule has 2 N–H and O–H groups in total. The largest absolute Gasteiger partial charge is 0.330 e. The van der Waals surface area contributed by atoms with Gasteiger partial charge in [-0.3, -0.25) is 0 Å². The SMILES string of the molecule is CCCCC(CCCCN)(c1ccccc1)c1ccccc1. The zero-order valence-corrected chi connectivity index (χ0v) is 13.8. The van der Waals surface area contributed by atoms with Crippen molar-refractivity contribution in [2.24, 2.45) is 5.73 Å². The minimum Gasteiger partial charge on any atom is -0.330 e. The molecule has 0 aliphatic heterocycles. The highest BCUT2D eigenvalue weighted by Crippen LogP contribution is 2.41. The van der Waals surface area contributed by atoms with Crippen molar-refractivity contribution in [2.45, 2.75) is 50.9 Å². The number of hydrogen-bond acceptors (Lipinski definition) is 1. The van der Waals surface area contributed by atoms with Crippen LogP contribution in [0.15, 0.2) is 60.7 Å². The standard InChI is InChI=1S/C21H29N/c1-2-3-16-21(17-10-11-18-22,19-12-6-4-7-13-19)20-14-8-5-9-15-20/h4-9,12-15H,2-3,10-11,16-18,22H2,1H3. The van der Waals surface area contributed by atoms with Crippen LogP contribution in [0.3, 0.4) is 0 Å². The number of nitrogens with two attached hydrogens (primary N) is 1. The zero-order valence-electron chi connectivity index (χ0n) is 13.8. The molecule has 0 unspecified atom stereocenters. The van der Waals surface area contributed by atoms with Crippen molar-refractivity contribution < 1.29 is 0 Å². The van der Waals surface area contributed by atoms with Gasteiger partial charge < -0.3 is 5.73 Å². The minimum absolute atomic E-state index is 0.133. The van der Waals surface area contributed by atoms with Crippen molar-refractivity contribution in [1.82, 2.24) is 0 Å². The van der Waals surface area contributed by atoms with Gasteiger partial charge in [0.25, 0.3) is 0 Å². The molecule has 0 aliphatic carbocycles. The first kappa shape index (κ1) is 16.8. The van der Waals surface area contributed by atoms with Gasteiger partial charge in [-0.1, -0.05) is 86.8 Å². The summed E-state index contributed by atoms with van der Waals surface area (Å²) in [5.41, 5.74) is 8.77. The molecule has 0 saturated heterocycles. The number of rotatable bonds is 9. The van der Waals surface area contributed by atoms with Gasteiger partial charge in [-0.25, -0.2) is 0 Å². The molecule has 2 aromatic rings. The maximum absolute atomic E-state index is 5.74. The van der Waals surface area contributed by atoms with Gasteiger partial charge in [0.15, 0.2) is 0 Å². The molecule has 0 fully saturated rings. The fourth-order valence-electron chi connectivity index (χ4n) is 3.43. The van der Waals surface area contributed by atoms with Crippen LogP contribution in [0, 0.1) is 0 Å². The van der Waals surface area contributed by atoms with Crippen LogP contribution < -0.4 is 5.73 Å². The van der Waals surface area contributed by atoms with Crippen LogP contribution in [0.2, 0.25) is 0 Å². The van der Waals surface area contributed by atoms with Gasteiger partial charge in [-0.2, -0.15) is 0 Å². The fraction of sp³-hybridized carbons (Fsp3) is 0.429. The lowest BCUT2D eigenvalue weighted by Gasteiger charge is -2.36. The van der Waals surface area contributed by atoms with Crippen molar-refractivity contribution in [3.8, 4) is 0 Å². The Balaban J connectivity index is 2.43. The molecule has 0 spiro atoms. The smallest absolute Gasteiger partial charge is 0.0202 e. The molecule has 0 atom stereocenters. The first-order valence-electron chi connectivity index (χ1n) is 8.64. The average molecular weight is 295 g/mol. The van der Waals surface area contributed by atoms with Crippen LogP contribution in [0.1, 0.15) is 56.6 Å². The van der Waals surface area contributed by atoms with E-state index in [2.05, 4.69) is 67.6 Å². The van der Waals surface area contributed by atoms with Crippen molar-refractivity contribution in [1.29, 1.82) is 0 Å². The van der Waals surface area contributed by atoms with E-state index in [1.165, 1.54) is 43.2 Å². The van der Waals surface area contributed by atoms with E-state index in [1.807, 2.05) is 0 Å². The van der Waals surface area contributed by atoms with Crippen molar-refractivity contribution >= 4 is 0 Å². The Labute approximate surface area is 135 Å². The highest BCUT2D eigenvalue weighted by molar-refractivity contribution is 5.39. The van der Waals surface area contributed by atoms with Crippen LogP contribution in [0.5, 0.6) is 0 Å². The molecular formula is C21H29N.